The Morgan fingerprint density at radius 3 is 2.87 bits per heavy atom. The van der Waals surface area contributed by atoms with Gasteiger partial charge in [-0.3, -0.25) is 4.79 Å². The molecule has 1 rings (SSSR count). The molecular formula is C11H19N3O. The van der Waals surface area contributed by atoms with Crippen molar-refractivity contribution in [3.63, 3.8) is 0 Å². The molecule has 0 aromatic carbocycles. The molecule has 0 fully saturated rings. The third-order valence-electron chi connectivity index (χ3n) is 2.59. The molecule has 15 heavy (non-hydrogen) atoms. The molecule has 0 bridgehead atoms. The van der Waals surface area contributed by atoms with Gasteiger partial charge in [0.25, 0.3) is 0 Å². The second-order valence-electron chi connectivity index (χ2n) is 4.01. The van der Waals surface area contributed by atoms with E-state index in [1.165, 1.54) is 0 Å². The number of carbonyl (C=O) groups is 1. The van der Waals surface area contributed by atoms with Crippen molar-refractivity contribution < 1.29 is 4.79 Å². The SMILES string of the molecule is CC(CCN)CCC(=O)c1nccn1C. The summed E-state index contributed by atoms with van der Waals surface area (Å²) in [7, 11) is 1.84. The molecule has 2 N–H and O–H groups in total. The van der Waals surface area contributed by atoms with E-state index in [9.17, 15) is 4.79 Å². The summed E-state index contributed by atoms with van der Waals surface area (Å²) in [6.07, 6.45) is 5.87. The van der Waals surface area contributed by atoms with Crippen LogP contribution in [-0.2, 0) is 7.05 Å². The molecule has 4 nitrogen and oxygen atoms in total. The van der Waals surface area contributed by atoms with Crippen molar-refractivity contribution in [2.45, 2.75) is 26.2 Å². The first-order valence-corrected chi connectivity index (χ1v) is 5.35. The van der Waals surface area contributed by atoms with Gasteiger partial charge >= 0.3 is 0 Å². The van der Waals surface area contributed by atoms with Gasteiger partial charge < -0.3 is 10.3 Å². The van der Waals surface area contributed by atoms with Crippen LogP contribution in [0.15, 0.2) is 12.4 Å². The molecule has 1 heterocycles. The van der Waals surface area contributed by atoms with E-state index in [1.807, 2.05) is 7.05 Å². The first-order chi connectivity index (χ1) is 7.15. The Kier molecular flexibility index (Phi) is 4.49. The number of carbonyl (C=O) groups excluding carboxylic acids is 1. The zero-order chi connectivity index (χ0) is 11.3. The Hall–Kier alpha value is -1.16. The third kappa shape index (κ3) is 3.47. The summed E-state index contributed by atoms with van der Waals surface area (Å²) in [6, 6.07) is 0. The smallest absolute Gasteiger partial charge is 0.198 e. The quantitative estimate of drug-likeness (QED) is 0.720. The van der Waals surface area contributed by atoms with E-state index in [0.29, 0.717) is 24.7 Å². The van der Waals surface area contributed by atoms with Crippen molar-refractivity contribution in [3.8, 4) is 0 Å². The molecule has 1 aromatic heterocycles. The molecule has 0 spiro atoms. The van der Waals surface area contributed by atoms with E-state index in [0.717, 1.165) is 12.8 Å². The zero-order valence-corrected chi connectivity index (χ0v) is 9.44. The maximum absolute atomic E-state index is 11.7. The first-order valence-electron chi connectivity index (χ1n) is 5.35. The van der Waals surface area contributed by atoms with Crippen LogP contribution in [0, 0.1) is 5.92 Å². The summed E-state index contributed by atoms with van der Waals surface area (Å²) >= 11 is 0. The average molecular weight is 209 g/mol. The lowest BCUT2D eigenvalue weighted by Gasteiger charge is -2.08. The molecule has 0 saturated carbocycles. The summed E-state index contributed by atoms with van der Waals surface area (Å²) in [5.74, 6) is 1.18. The molecule has 0 aliphatic rings. The van der Waals surface area contributed by atoms with Crippen LogP contribution in [0.4, 0.5) is 0 Å². The van der Waals surface area contributed by atoms with E-state index in [2.05, 4.69) is 11.9 Å². The van der Waals surface area contributed by atoms with Crippen molar-refractivity contribution in [1.29, 1.82) is 0 Å². The van der Waals surface area contributed by atoms with Gasteiger partial charge in [-0.1, -0.05) is 6.92 Å². The lowest BCUT2D eigenvalue weighted by molar-refractivity contribution is 0.0961. The van der Waals surface area contributed by atoms with Crippen LogP contribution < -0.4 is 5.73 Å². The first kappa shape index (κ1) is 11.9. The van der Waals surface area contributed by atoms with Crippen molar-refractivity contribution in [2.75, 3.05) is 6.54 Å². The Labute approximate surface area is 90.5 Å². The fourth-order valence-corrected chi connectivity index (χ4v) is 1.55. The summed E-state index contributed by atoms with van der Waals surface area (Å²) in [4.78, 5) is 15.7. The van der Waals surface area contributed by atoms with Crippen LogP contribution in [0.2, 0.25) is 0 Å². The predicted octanol–water partition coefficient (Wildman–Crippen LogP) is 1.37. The van der Waals surface area contributed by atoms with Crippen LogP contribution in [-0.4, -0.2) is 21.9 Å². The summed E-state index contributed by atoms with van der Waals surface area (Å²) in [5.41, 5.74) is 5.45. The molecule has 84 valence electrons. The maximum atomic E-state index is 11.7. The number of aromatic nitrogens is 2. The third-order valence-corrected chi connectivity index (χ3v) is 2.59. The number of nitrogens with zero attached hydrogens (tertiary/aromatic N) is 2. The Morgan fingerprint density at radius 2 is 2.33 bits per heavy atom. The molecule has 4 heteroatoms. The minimum absolute atomic E-state index is 0.117. The topological polar surface area (TPSA) is 60.9 Å². The standard InChI is InChI=1S/C11H19N3O/c1-9(5-6-12)3-4-10(15)11-13-7-8-14(11)2/h7-9H,3-6,12H2,1-2H3. The van der Waals surface area contributed by atoms with Gasteiger partial charge in [0.15, 0.2) is 11.6 Å². The molecule has 0 aliphatic heterocycles. The highest BCUT2D eigenvalue weighted by atomic mass is 16.1. The Morgan fingerprint density at radius 1 is 1.60 bits per heavy atom. The molecule has 1 unspecified atom stereocenters. The van der Waals surface area contributed by atoms with E-state index >= 15 is 0 Å². The van der Waals surface area contributed by atoms with Gasteiger partial charge in [-0.25, -0.2) is 4.98 Å². The molecular weight excluding hydrogens is 190 g/mol. The number of aryl methyl sites for hydroxylation is 1. The number of imidazole rings is 1. The number of Topliss-reactive ketones (excluding diaryl/α,β-unsaturated/α-hetero) is 1. The fraction of sp³-hybridized carbons (Fsp3) is 0.636. The Bertz CT molecular complexity index is 319. The minimum atomic E-state index is 0.117. The predicted molar refractivity (Wildman–Crippen MR) is 59.6 cm³/mol. The van der Waals surface area contributed by atoms with Gasteiger partial charge in [0.1, 0.15) is 0 Å². The molecule has 0 aliphatic carbocycles. The summed E-state index contributed by atoms with van der Waals surface area (Å²) in [6.45, 7) is 2.82. The van der Waals surface area contributed by atoms with Crippen LogP contribution in [0.1, 0.15) is 36.8 Å². The van der Waals surface area contributed by atoms with E-state index in [1.54, 1.807) is 17.0 Å². The van der Waals surface area contributed by atoms with Crippen LogP contribution in [0.5, 0.6) is 0 Å². The van der Waals surface area contributed by atoms with Gasteiger partial charge in [0.2, 0.25) is 0 Å². The number of rotatable bonds is 6. The van der Waals surface area contributed by atoms with Crippen molar-refractivity contribution in [3.05, 3.63) is 18.2 Å². The second kappa shape index (κ2) is 5.66. The van der Waals surface area contributed by atoms with Gasteiger partial charge in [0.05, 0.1) is 0 Å². The number of ketones is 1. The van der Waals surface area contributed by atoms with E-state index < -0.39 is 0 Å². The highest BCUT2D eigenvalue weighted by Crippen LogP contribution is 2.11. The second-order valence-corrected chi connectivity index (χ2v) is 4.01. The molecule has 0 amide bonds. The normalized spacial score (nSPS) is 12.7. The van der Waals surface area contributed by atoms with Gasteiger partial charge in [0, 0.05) is 25.9 Å². The van der Waals surface area contributed by atoms with Crippen LogP contribution in [0.25, 0.3) is 0 Å². The van der Waals surface area contributed by atoms with Crippen LogP contribution in [0.3, 0.4) is 0 Å². The highest BCUT2D eigenvalue weighted by molar-refractivity contribution is 5.92. The molecule has 0 saturated heterocycles. The van der Waals surface area contributed by atoms with Crippen molar-refractivity contribution in [2.24, 2.45) is 18.7 Å². The molecule has 1 atom stereocenters. The Balaban J connectivity index is 2.40. The van der Waals surface area contributed by atoms with Crippen LogP contribution >= 0.6 is 0 Å². The summed E-state index contributed by atoms with van der Waals surface area (Å²) < 4.78 is 1.76. The van der Waals surface area contributed by atoms with E-state index in [-0.39, 0.29) is 5.78 Å². The van der Waals surface area contributed by atoms with Crippen molar-refractivity contribution in [1.82, 2.24) is 9.55 Å². The monoisotopic (exact) mass is 209 g/mol. The maximum Gasteiger partial charge on any atom is 0.198 e. The minimum Gasteiger partial charge on any atom is -0.332 e. The summed E-state index contributed by atoms with van der Waals surface area (Å²) in [5, 5.41) is 0. The lowest BCUT2D eigenvalue weighted by Crippen LogP contribution is -2.11. The zero-order valence-electron chi connectivity index (χ0n) is 9.44. The van der Waals surface area contributed by atoms with Gasteiger partial charge in [-0.05, 0) is 25.3 Å². The van der Waals surface area contributed by atoms with Crippen molar-refractivity contribution >= 4 is 5.78 Å². The molecule has 0 radical (unpaired) electrons. The largest absolute Gasteiger partial charge is 0.332 e. The number of hydrogen-bond acceptors (Lipinski definition) is 3. The highest BCUT2D eigenvalue weighted by Gasteiger charge is 2.12. The number of nitrogens with two attached hydrogens (primary N) is 1. The van der Waals surface area contributed by atoms with E-state index in [4.69, 9.17) is 5.73 Å². The average Bonchev–Trinajstić information content (AvgIpc) is 2.61. The molecule has 1 aromatic rings. The lowest BCUT2D eigenvalue weighted by atomic mass is 10.00. The fourth-order valence-electron chi connectivity index (χ4n) is 1.55. The van der Waals surface area contributed by atoms with Gasteiger partial charge in [-0.15, -0.1) is 0 Å². The number of hydrogen-bond donors (Lipinski definition) is 1. The van der Waals surface area contributed by atoms with Gasteiger partial charge in [-0.2, -0.15) is 0 Å².